The molecular weight excluding hydrogens is 348 g/mol. The van der Waals surface area contributed by atoms with E-state index in [2.05, 4.69) is 8.23 Å². The summed E-state index contributed by atoms with van der Waals surface area (Å²) in [6.45, 7) is 0. The minimum Gasteiger partial charge on any atom is -0.853 e. The van der Waals surface area contributed by atoms with Crippen LogP contribution >= 0.6 is 0 Å². The van der Waals surface area contributed by atoms with Crippen LogP contribution in [-0.4, -0.2) is 140 Å². The van der Waals surface area contributed by atoms with Gasteiger partial charge in [-0.25, -0.2) is 0 Å². The van der Waals surface area contributed by atoms with Crippen LogP contribution < -0.4 is 28.8 Å². The normalized spacial score (nSPS) is 10.0. The maximum absolute atomic E-state index is 10.1. The van der Waals surface area contributed by atoms with Crippen molar-refractivity contribution < 1.29 is 41.5 Å². The molecule has 0 amide bonds. The molecule has 0 aromatic rings. The van der Waals surface area contributed by atoms with Gasteiger partial charge in [0.25, 0.3) is 0 Å². The van der Waals surface area contributed by atoms with Crippen molar-refractivity contribution in [2.24, 2.45) is 0 Å². The summed E-state index contributed by atoms with van der Waals surface area (Å²) in [6, 6.07) is 0. The van der Waals surface area contributed by atoms with Gasteiger partial charge in [0.15, 0.2) is 0 Å². The summed E-state index contributed by atoms with van der Waals surface area (Å²) >= 11 is 0. The zero-order valence-corrected chi connectivity index (χ0v) is 16.9. The second kappa shape index (κ2) is 11.4. The van der Waals surface area contributed by atoms with Crippen molar-refractivity contribution in [3.8, 4) is 0 Å². The van der Waals surface area contributed by atoms with Crippen LogP contribution in [0.2, 0.25) is 0 Å². The third-order valence-corrected chi connectivity index (χ3v) is 3.75. The first kappa shape index (κ1) is 27.0. The average molecular weight is 348 g/mol. The van der Waals surface area contributed by atoms with Gasteiger partial charge in [0.2, 0.25) is 0 Å². The van der Waals surface area contributed by atoms with E-state index in [0.29, 0.717) is 0 Å². The van der Waals surface area contributed by atoms with Crippen molar-refractivity contribution in [3.05, 3.63) is 0 Å². The summed E-state index contributed by atoms with van der Waals surface area (Å²) in [5.74, 6) is 0. The van der Waals surface area contributed by atoms with Crippen molar-refractivity contribution in [3.63, 3.8) is 0 Å². The summed E-state index contributed by atoms with van der Waals surface area (Å²) in [6.07, 6.45) is 0. The van der Waals surface area contributed by atoms with Crippen LogP contribution in [0.15, 0.2) is 0 Å². The van der Waals surface area contributed by atoms with E-state index in [9.17, 15) is 33.2 Å². The fourth-order valence-corrected chi connectivity index (χ4v) is 2.40. The molecule has 0 fully saturated rings. The molecular formula is Ca3O9Si3. The summed E-state index contributed by atoms with van der Waals surface area (Å²) in [5.41, 5.74) is 0. The Labute approximate surface area is 178 Å². The first-order valence-electron chi connectivity index (χ1n) is 2.25. The van der Waals surface area contributed by atoms with Gasteiger partial charge in [0.1, 0.15) is 0 Å². The van der Waals surface area contributed by atoms with Gasteiger partial charge < -0.3 is 37.0 Å². The predicted octanol–water partition coefficient (Wildman–Crippen LogP) is -9.67. The van der Waals surface area contributed by atoms with Crippen molar-refractivity contribution in [2.75, 3.05) is 0 Å². The van der Waals surface area contributed by atoms with E-state index in [-0.39, 0.29) is 113 Å². The largest absolute Gasteiger partial charge is 2.00 e. The molecule has 0 radical (unpaired) electrons. The Morgan fingerprint density at radius 2 is 0.933 bits per heavy atom. The van der Waals surface area contributed by atoms with E-state index in [1.54, 1.807) is 0 Å². The van der Waals surface area contributed by atoms with E-state index >= 15 is 0 Å². The predicted molar refractivity (Wildman–Crippen MR) is 37.4 cm³/mol. The molecule has 0 aromatic carbocycles. The van der Waals surface area contributed by atoms with Gasteiger partial charge in [-0.2, -0.15) is 0 Å². The molecule has 0 aromatic heterocycles. The first-order chi connectivity index (χ1) is 5.10. The zero-order valence-electron chi connectivity index (χ0n) is 7.30. The van der Waals surface area contributed by atoms with Gasteiger partial charge in [-0.1, -0.05) is 18.1 Å². The Bertz CT molecular complexity index is 152. The SMILES string of the molecule is O=[Si](O[Si]([O-])([O-])[O-])O[Si]([O-])([O-])[O-].[Ca+2].[Ca+2].[Ca+2]. The number of rotatable bonds is 4. The topological polar surface area (TPSA) is 174 Å². The molecule has 0 spiro atoms. The fraction of sp³-hybridized carbons (Fsp3) is 0. The van der Waals surface area contributed by atoms with Crippen LogP contribution in [0.4, 0.5) is 0 Å². The summed E-state index contributed by atoms with van der Waals surface area (Å²) in [7, 11) is -15.8. The molecule has 9 nitrogen and oxygen atoms in total. The van der Waals surface area contributed by atoms with Gasteiger partial charge in [-0.05, 0) is 0 Å². The van der Waals surface area contributed by atoms with Crippen molar-refractivity contribution >= 4 is 140 Å². The van der Waals surface area contributed by atoms with E-state index in [0.717, 1.165) is 0 Å². The van der Waals surface area contributed by atoms with Gasteiger partial charge in [0, 0.05) is 0 Å². The molecule has 0 unspecified atom stereocenters. The second-order valence-corrected chi connectivity index (χ2v) is 5.59. The van der Waals surface area contributed by atoms with Crippen LogP contribution in [0.3, 0.4) is 0 Å². The molecule has 0 aliphatic rings. The Balaban J connectivity index is -0.000000202. The van der Waals surface area contributed by atoms with Crippen molar-refractivity contribution in [2.45, 2.75) is 0 Å². The molecule has 0 rings (SSSR count). The monoisotopic (exact) mass is 348 g/mol. The maximum Gasteiger partial charge on any atom is 2.00 e. The van der Waals surface area contributed by atoms with Crippen LogP contribution in [0.5, 0.6) is 0 Å². The molecule has 0 aliphatic heterocycles. The molecule has 0 N–H and O–H groups in total. The maximum atomic E-state index is 10.1. The Kier molecular flexibility index (Phi) is 20.6. The average Bonchev–Trinajstić information content (AvgIpc) is 1.49. The Morgan fingerprint density at radius 3 is 1.07 bits per heavy atom. The van der Waals surface area contributed by atoms with Gasteiger partial charge in [-0.3, -0.25) is 4.46 Å². The third-order valence-electron chi connectivity index (χ3n) is 0.417. The minimum absolute atomic E-state index is 0. The third kappa shape index (κ3) is 23.1. The summed E-state index contributed by atoms with van der Waals surface area (Å²) < 4.78 is 16.2. The Morgan fingerprint density at radius 1 is 0.733 bits per heavy atom. The van der Waals surface area contributed by atoms with Crippen molar-refractivity contribution in [1.29, 1.82) is 0 Å². The van der Waals surface area contributed by atoms with Crippen molar-refractivity contribution in [1.82, 2.24) is 0 Å². The molecule has 15 heavy (non-hydrogen) atoms. The standard InChI is InChI=1S/3Ca.O9Si3/c;;;1-10(8-11(2,3)4)9-12(5,6)7/q3*+2;-6. The summed E-state index contributed by atoms with van der Waals surface area (Å²) in [4.78, 5) is 58.0. The van der Waals surface area contributed by atoms with Crippen LogP contribution in [0.1, 0.15) is 0 Å². The van der Waals surface area contributed by atoms with E-state index in [4.69, 9.17) is 0 Å². The smallest absolute Gasteiger partial charge is 0.853 e. The number of hydrogen-bond acceptors (Lipinski definition) is 9. The van der Waals surface area contributed by atoms with E-state index in [1.165, 1.54) is 0 Å². The molecule has 0 atom stereocenters. The van der Waals surface area contributed by atoms with Crippen LogP contribution in [-0.2, 0) is 12.7 Å². The van der Waals surface area contributed by atoms with E-state index in [1.807, 2.05) is 0 Å². The second-order valence-electron chi connectivity index (χ2n) is 1.45. The van der Waals surface area contributed by atoms with Crippen LogP contribution in [0.25, 0.3) is 0 Å². The first-order valence-corrected chi connectivity index (χ1v) is 6.74. The van der Waals surface area contributed by atoms with Gasteiger partial charge in [-0.15, -0.1) is 0 Å². The number of hydrogen-bond donors (Lipinski definition) is 0. The molecule has 72 valence electrons. The summed E-state index contributed by atoms with van der Waals surface area (Å²) in [5, 5.41) is 0. The molecule has 0 aliphatic carbocycles. The molecule has 15 heteroatoms. The van der Waals surface area contributed by atoms with Gasteiger partial charge in [0.05, 0.1) is 0 Å². The zero-order chi connectivity index (χ0) is 9.99. The molecule has 0 saturated heterocycles. The van der Waals surface area contributed by atoms with Crippen LogP contribution in [0, 0.1) is 0 Å². The van der Waals surface area contributed by atoms with Gasteiger partial charge >= 0.3 is 122 Å². The Hall–Kier alpha value is 3.59. The molecule has 0 bridgehead atoms. The quantitative estimate of drug-likeness (QED) is 0.447. The minimum atomic E-state index is -5.86. The fourth-order valence-electron chi connectivity index (χ4n) is 0.225. The molecule has 0 heterocycles. The molecule has 0 saturated carbocycles. The van der Waals surface area contributed by atoms with E-state index < -0.39 is 27.3 Å².